The van der Waals surface area contributed by atoms with Gasteiger partial charge in [0.05, 0.1) is 0 Å². The highest BCUT2D eigenvalue weighted by atomic mass is 32.2. The Bertz CT molecular complexity index is 723. The molecule has 0 aliphatic carbocycles. The van der Waals surface area contributed by atoms with Gasteiger partial charge in [0.2, 0.25) is 5.91 Å². The van der Waals surface area contributed by atoms with Crippen molar-refractivity contribution in [2.45, 2.75) is 30.6 Å². The van der Waals surface area contributed by atoms with Crippen molar-refractivity contribution >= 4 is 23.4 Å². The second kappa shape index (κ2) is 7.41. The first-order chi connectivity index (χ1) is 11.5. The third-order valence-electron chi connectivity index (χ3n) is 4.63. The zero-order valence-corrected chi connectivity index (χ0v) is 15.2. The van der Waals surface area contributed by atoms with Crippen LogP contribution < -0.4 is 10.6 Å². The first-order valence-electron chi connectivity index (χ1n) is 8.39. The minimum Gasteiger partial charge on any atom is -0.326 e. The third kappa shape index (κ3) is 4.00. The van der Waals surface area contributed by atoms with E-state index in [0.29, 0.717) is 5.92 Å². The molecule has 2 aromatic carbocycles. The van der Waals surface area contributed by atoms with Gasteiger partial charge in [0, 0.05) is 21.4 Å². The van der Waals surface area contributed by atoms with E-state index in [1.165, 1.54) is 20.9 Å². The highest BCUT2D eigenvalue weighted by Crippen LogP contribution is 2.31. The number of hydrogen-bond acceptors (Lipinski definition) is 3. The monoisotopic (exact) mass is 340 g/mol. The second-order valence-corrected chi connectivity index (χ2v) is 7.71. The van der Waals surface area contributed by atoms with Crippen LogP contribution in [0.25, 0.3) is 0 Å². The summed E-state index contributed by atoms with van der Waals surface area (Å²) >= 11 is 1.76. The van der Waals surface area contributed by atoms with Gasteiger partial charge in [-0.05, 0) is 74.3 Å². The van der Waals surface area contributed by atoms with Crippen LogP contribution in [0.4, 0.5) is 5.69 Å². The lowest BCUT2D eigenvalue weighted by molar-refractivity contribution is -0.121. The van der Waals surface area contributed by atoms with Crippen LogP contribution in [0.2, 0.25) is 0 Å². The number of carbonyl (C=O) groups excluding carboxylic acids is 1. The largest absolute Gasteiger partial charge is 0.326 e. The van der Waals surface area contributed by atoms with E-state index in [1.807, 2.05) is 19.1 Å². The zero-order chi connectivity index (χ0) is 17.1. The van der Waals surface area contributed by atoms with Crippen LogP contribution >= 0.6 is 11.8 Å². The van der Waals surface area contributed by atoms with E-state index in [9.17, 15) is 4.79 Å². The number of aryl methyl sites for hydroxylation is 2. The van der Waals surface area contributed by atoms with E-state index in [0.717, 1.165) is 18.8 Å². The van der Waals surface area contributed by atoms with Crippen LogP contribution in [0, 0.1) is 25.7 Å². The minimum atomic E-state index is 0.0512. The molecule has 1 aliphatic rings. The predicted molar refractivity (Wildman–Crippen MR) is 101 cm³/mol. The van der Waals surface area contributed by atoms with E-state index in [1.54, 1.807) is 11.8 Å². The van der Waals surface area contributed by atoms with Crippen molar-refractivity contribution in [3.8, 4) is 0 Å². The molecule has 1 aliphatic heterocycles. The van der Waals surface area contributed by atoms with Crippen LogP contribution in [0.3, 0.4) is 0 Å². The summed E-state index contributed by atoms with van der Waals surface area (Å²) in [6, 6.07) is 14.6. The Labute approximate surface area is 148 Å². The highest BCUT2D eigenvalue weighted by molar-refractivity contribution is 7.99. The lowest BCUT2D eigenvalue weighted by Crippen LogP contribution is -2.48. The van der Waals surface area contributed by atoms with Crippen LogP contribution in [0.15, 0.2) is 52.3 Å². The van der Waals surface area contributed by atoms with Gasteiger partial charge in [-0.25, -0.2) is 0 Å². The van der Waals surface area contributed by atoms with Crippen LogP contribution in [0.1, 0.15) is 18.1 Å². The van der Waals surface area contributed by atoms with Crippen molar-refractivity contribution in [1.82, 2.24) is 5.32 Å². The molecule has 3 nitrogen and oxygen atoms in total. The van der Waals surface area contributed by atoms with Crippen molar-refractivity contribution < 1.29 is 4.79 Å². The molecule has 1 unspecified atom stereocenters. The second-order valence-electron chi connectivity index (χ2n) is 6.59. The summed E-state index contributed by atoms with van der Waals surface area (Å²) in [5.74, 6) is 0.621. The molecule has 1 saturated heterocycles. The molecule has 24 heavy (non-hydrogen) atoms. The first kappa shape index (κ1) is 17.1. The molecule has 2 aromatic rings. The van der Waals surface area contributed by atoms with E-state index >= 15 is 0 Å². The predicted octanol–water partition coefficient (Wildman–Crippen LogP) is 4.25. The maximum Gasteiger partial charge on any atom is 0.227 e. The summed E-state index contributed by atoms with van der Waals surface area (Å²) in [6.07, 6.45) is 0. The number of nitrogens with one attached hydrogen (secondary N) is 2. The normalized spacial score (nSPS) is 15.6. The number of anilines is 1. The Hall–Kier alpha value is -1.78. The molecule has 126 valence electrons. The molecule has 1 heterocycles. The molecule has 0 aromatic heterocycles. The third-order valence-corrected chi connectivity index (χ3v) is 5.79. The molecule has 1 fully saturated rings. The van der Waals surface area contributed by atoms with Gasteiger partial charge in [0.25, 0.3) is 0 Å². The topological polar surface area (TPSA) is 41.1 Å². The Morgan fingerprint density at radius 2 is 1.88 bits per heavy atom. The number of rotatable bonds is 5. The molecule has 0 saturated carbocycles. The maximum absolute atomic E-state index is 12.3. The van der Waals surface area contributed by atoms with Crippen LogP contribution in [0.5, 0.6) is 0 Å². The smallest absolute Gasteiger partial charge is 0.227 e. The van der Waals surface area contributed by atoms with E-state index in [-0.39, 0.29) is 11.8 Å². The van der Waals surface area contributed by atoms with Crippen molar-refractivity contribution in [2.24, 2.45) is 11.8 Å². The van der Waals surface area contributed by atoms with Gasteiger partial charge in [0.15, 0.2) is 0 Å². The average molecular weight is 340 g/mol. The highest BCUT2D eigenvalue weighted by Gasteiger charge is 2.28. The molecule has 1 amide bonds. The Morgan fingerprint density at radius 3 is 2.50 bits per heavy atom. The Morgan fingerprint density at radius 1 is 1.17 bits per heavy atom. The standard InChI is InChI=1S/C20H24N2OS/c1-13-4-5-14(2)19(10-13)24-18-8-6-17(7-9-18)22-20(23)15(3)16-11-21-12-16/h4-10,15-16,21H,11-12H2,1-3H3,(H,22,23). The quantitative estimate of drug-likeness (QED) is 0.855. The fraction of sp³-hybridized carbons (Fsp3) is 0.350. The van der Waals surface area contributed by atoms with E-state index < -0.39 is 0 Å². The van der Waals surface area contributed by atoms with Crippen LogP contribution in [-0.4, -0.2) is 19.0 Å². The van der Waals surface area contributed by atoms with Gasteiger partial charge in [0.1, 0.15) is 0 Å². The zero-order valence-electron chi connectivity index (χ0n) is 14.4. The van der Waals surface area contributed by atoms with Crippen molar-refractivity contribution in [3.05, 3.63) is 53.6 Å². The summed E-state index contributed by atoms with van der Waals surface area (Å²) in [5, 5.41) is 6.24. The fourth-order valence-electron chi connectivity index (χ4n) is 2.69. The van der Waals surface area contributed by atoms with Crippen molar-refractivity contribution in [3.63, 3.8) is 0 Å². The minimum absolute atomic E-state index is 0.0512. The summed E-state index contributed by atoms with van der Waals surface area (Å²) in [4.78, 5) is 14.7. The SMILES string of the molecule is Cc1ccc(C)c(Sc2ccc(NC(=O)C(C)C3CNC3)cc2)c1. The first-order valence-corrected chi connectivity index (χ1v) is 9.21. The van der Waals surface area contributed by atoms with Gasteiger partial charge in [-0.2, -0.15) is 0 Å². The van der Waals surface area contributed by atoms with Gasteiger partial charge >= 0.3 is 0 Å². The molecule has 4 heteroatoms. The number of amides is 1. The molecule has 0 spiro atoms. The summed E-state index contributed by atoms with van der Waals surface area (Å²) in [6.45, 7) is 8.14. The summed E-state index contributed by atoms with van der Waals surface area (Å²) in [5.41, 5.74) is 3.42. The molecular weight excluding hydrogens is 316 g/mol. The summed E-state index contributed by atoms with van der Waals surface area (Å²) in [7, 11) is 0. The molecular formula is C20H24N2OS. The van der Waals surface area contributed by atoms with Gasteiger partial charge in [-0.15, -0.1) is 0 Å². The van der Waals surface area contributed by atoms with E-state index in [2.05, 4.69) is 54.8 Å². The van der Waals surface area contributed by atoms with E-state index in [4.69, 9.17) is 0 Å². The van der Waals surface area contributed by atoms with Crippen molar-refractivity contribution in [1.29, 1.82) is 0 Å². The fourth-order valence-corrected chi connectivity index (χ4v) is 3.69. The molecule has 0 radical (unpaired) electrons. The van der Waals surface area contributed by atoms with Crippen LogP contribution in [-0.2, 0) is 4.79 Å². The van der Waals surface area contributed by atoms with Gasteiger partial charge in [-0.3, -0.25) is 4.79 Å². The maximum atomic E-state index is 12.3. The molecule has 0 bridgehead atoms. The molecule has 2 N–H and O–H groups in total. The number of carbonyl (C=O) groups is 1. The number of hydrogen-bond donors (Lipinski definition) is 2. The molecule has 3 rings (SSSR count). The lowest BCUT2D eigenvalue weighted by Gasteiger charge is -2.31. The molecule has 1 atom stereocenters. The number of benzene rings is 2. The average Bonchev–Trinajstić information content (AvgIpc) is 2.51. The van der Waals surface area contributed by atoms with Crippen molar-refractivity contribution in [2.75, 3.05) is 18.4 Å². The van der Waals surface area contributed by atoms with Gasteiger partial charge < -0.3 is 10.6 Å². The van der Waals surface area contributed by atoms with Gasteiger partial charge in [-0.1, -0.05) is 30.8 Å². The summed E-state index contributed by atoms with van der Waals surface area (Å²) < 4.78 is 0. The lowest BCUT2D eigenvalue weighted by atomic mass is 9.88. The Kier molecular flexibility index (Phi) is 5.27. The Balaban J connectivity index is 1.62.